The highest BCUT2D eigenvalue weighted by Gasteiger charge is 2.41. The predicted octanol–water partition coefficient (Wildman–Crippen LogP) is 4.77. The highest BCUT2D eigenvalue weighted by Crippen LogP contribution is 2.32. The molecule has 0 aromatic heterocycles. The van der Waals surface area contributed by atoms with Gasteiger partial charge in [-0.3, -0.25) is 4.79 Å². The number of anilines is 1. The lowest BCUT2D eigenvalue weighted by atomic mass is 9.78. The van der Waals surface area contributed by atoms with Gasteiger partial charge in [-0.25, -0.2) is 4.79 Å². The predicted molar refractivity (Wildman–Crippen MR) is 124 cm³/mol. The van der Waals surface area contributed by atoms with Crippen molar-refractivity contribution in [2.45, 2.75) is 97.3 Å². The summed E-state index contributed by atoms with van der Waals surface area (Å²) in [6.07, 6.45) is 3.85. The summed E-state index contributed by atoms with van der Waals surface area (Å²) in [5.41, 5.74) is 1.17. The van der Waals surface area contributed by atoms with Crippen LogP contribution < -0.4 is 16.0 Å². The molecule has 168 valence electrons. The Bertz CT molecular complexity index is 726. The van der Waals surface area contributed by atoms with Crippen LogP contribution in [-0.2, 0) is 0 Å². The minimum absolute atomic E-state index is 0.0322. The number of nitrogens with zero attached hydrogens (tertiary/aromatic N) is 1. The molecule has 0 radical (unpaired) electrons. The smallest absolute Gasteiger partial charge is 0.319 e. The molecule has 1 saturated heterocycles. The van der Waals surface area contributed by atoms with Crippen LogP contribution in [0, 0.1) is 0 Å². The van der Waals surface area contributed by atoms with Crippen LogP contribution in [-0.4, -0.2) is 46.5 Å². The number of unbranched alkanes of at least 4 members (excludes halogenated alkanes) is 1. The molecule has 6 nitrogen and oxygen atoms in total. The second-order valence-electron chi connectivity index (χ2n) is 10.1. The van der Waals surface area contributed by atoms with Crippen molar-refractivity contribution in [1.82, 2.24) is 15.5 Å². The quantitative estimate of drug-likeness (QED) is 0.599. The molecule has 3 amide bonds. The van der Waals surface area contributed by atoms with Gasteiger partial charge < -0.3 is 20.9 Å². The lowest BCUT2D eigenvalue weighted by molar-refractivity contribution is 0.0441. The Hall–Kier alpha value is -2.08. The molecule has 1 aliphatic heterocycles. The molecule has 1 aliphatic rings. The van der Waals surface area contributed by atoms with Crippen molar-refractivity contribution < 1.29 is 9.59 Å². The van der Waals surface area contributed by atoms with E-state index in [1.165, 1.54) is 0 Å². The van der Waals surface area contributed by atoms with Gasteiger partial charge in [0.2, 0.25) is 0 Å². The van der Waals surface area contributed by atoms with E-state index in [0.29, 0.717) is 11.3 Å². The van der Waals surface area contributed by atoms with Crippen LogP contribution in [0.2, 0.25) is 0 Å². The summed E-state index contributed by atoms with van der Waals surface area (Å²) in [7, 11) is 0. The molecule has 1 heterocycles. The van der Waals surface area contributed by atoms with Crippen LogP contribution in [0.1, 0.15) is 84.5 Å². The van der Waals surface area contributed by atoms with E-state index in [2.05, 4.69) is 55.5 Å². The maximum absolute atomic E-state index is 13.6. The summed E-state index contributed by atoms with van der Waals surface area (Å²) >= 11 is 0. The van der Waals surface area contributed by atoms with Gasteiger partial charge in [-0.1, -0.05) is 19.4 Å². The number of hydrogen-bond acceptors (Lipinski definition) is 3. The number of hydrogen-bond donors (Lipinski definition) is 3. The standard InChI is InChI=1S/C24H40N4O2/c1-8-9-13-28(20-15-23(4,5)27-24(6,7)16-20)21(29)18-11-10-12-19(14-18)26-22(30)25-17(2)3/h10-12,14,17,20,27H,8-9,13,15-16H2,1-7H3,(H2,25,26,30). The average molecular weight is 417 g/mol. The van der Waals surface area contributed by atoms with Gasteiger partial charge in [-0.2, -0.15) is 0 Å². The Balaban J connectivity index is 2.24. The first-order valence-electron chi connectivity index (χ1n) is 11.2. The lowest BCUT2D eigenvalue weighted by Crippen LogP contribution is -2.62. The third-order valence-electron chi connectivity index (χ3n) is 5.41. The summed E-state index contributed by atoms with van der Waals surface area (Å²) in [5.74, 6) is 0.0369. The molecular weight excluding hydrogens is 376 g/mol. The molecule has 0 saturated carbocycles. The number of carbonyl (C=O) groups is 2. The van der Waals surface area contributed by atoms with E-state index in [4.69, 9.17) is 0 Å². The zero-order valence-electron chi connectivity index (χ0n) is 19.8. The lowest BCUT2D eigenvalue weighted by Gasteiger charge is -2.49. The molecule has 0 spiro atoms. The Morgan fingerprint density at radius 2 is 1.80 bits per heavy atom. The molecular formula is C24H40N4O2. The summed E-state index contributed by atoms with van der Waals surface area (Å²) < 4.78 is 0. The van der Waals surface area contributed by atoms with Crippen molar-refractivity contribution in [1.29, 1.82) is 0 Å². The fourth-order valence-electron chi connectivity index (χ4n) is 4.59. The molecule has 0 atom stereocenters. The molecule has 3 N–H and O–H groups in total. The van der Waals surface area contributed by atoms with Crippen LogP contribution in [0.15, 0.2) is 24.3 Å². The Labute approximate surface area is 182 Å². The zero-order valence-corrected chi connectivity index (χ0v) is 19.8. The number of carbonyl (C=O) groups excluding carboxylic acids is 2. The highest BCUT2D eigenvalue weighted by atomic mass is 16.2. The van der Waals surface area contributed by atoms with E-state index in [0.717, 1.165) is 32.2 Å². The van der Waals surface area contributed by atoms with Crippen molar-refractivity contribution in [3.05, 3.63) is 29.8 Å². The summed E-state index contributed by atoms with van der Waals surface area (Å²) in [6, 6.07) is 7.21. The second-order valence-corrected chi connectivity index (χ2v) is 10.1. The maximum atomic E-state index is 13.6. The van der Waals surface area contributed by atoms with Crippen molar-refractivity contribution in [2.75, 3.05) is 11.9 Å². The van der Waals surface area contributed by atoms with Gasteiger partial charge in [-0.15, -0.1) is 0 Å². The monoisotopic (exact) mass is 416 g/mol. The van der Waals surface area contributed by atoms with E-state index in [1.54, 1.807) is 6.07 Å². The number of amides is 3. The molecule has 1 aromatic carbocycles. The SMILES string of the molecule is CCCCN(C(=O)c1cccc(NC(=O)NC(C)C)c1)C1CC(C)(C)NC(C)(C)C1. The van der Waals surface area contributed by atoms with Crippen molar-refractivity contribution in [2.24, 2.45) is 0 Å². The van der Waals surface area contributed by atoms with Crippen molar-refractivity contribution in [3.8, 4) is 0 Å². The average Bonchev–Trinajstić information content (AvgIpc) is 2.58. The first-order valence-corrected chi connectivity index (χ1v) is 11.2. The number of urea groups is 1. The number of benzene rings is 1. The van der Waals surface area contributed by atoms with Crippen LogP contribution in [0.25, 0.3) is 0 Å². The summed E-state index contributed by atoms with van der Waals surface area (Å²) in [6.45, 7) is 15.6. The first-order chi connectivity index (χ1) is 13.9. The van der Waals surface area contributed by atoms with Gasteiger partial charge >= 0.3 is 6.03 Å². The van der Waals surface area contributed by atoms with Crippen LogP contribution in [0.4, 0.5) is 10.5 Å². The van der Waals surface area contributed by atoms with E-state index >= 15 is 0 Å². The molecule has 0 bridgehead atoms. The van der Waals surface area contributed by atoms with Gasteiger partial charge in [0.1, 0.15) is 0 Å². The van der Waals surface area contributed by atoms with Crippen LogP contribution in [0.5, 0.6) is 0 Å². The van der Waals surface area contributed by atoms with Gasteiger partial charge in [-0.05, 0) is 79.0 Å². The van der Waals surface area contributed by atoms with Gasteiger partial charge in [0.05, 0.1) is 0 Å². The van der Waals surface area contributed by atoms with Crippen LogP contribution >= 0.6 is 0 Å². The second kappa shape index (κ2) is 9.82. The molecule has 6 heteroatoms. The Morgan fingerprint density at radius 1 is 1.17 bits per heavy atom. The molecule has 1 aromatic rings. The van der Waals surface area contributed by atoms with E-state index < -0.39 is 0 Å². The largest absolute Gasteiger partial charge is 0.336 e. The van der Waals surface area contributed by atoms with E-state index in [1.807, 2.05) is 32.0 Å². The third-order valence-corrected chi connectivity index (χ3v) is 5.41. The number of piperidine rings is 1. The number of nitrogens with one attached hydrogen (secondary N) is 3. The molecule has 2 rings (SSSR count). The topological polar surface area (TPSA) is 73.5 Å². The Morgan fingerprint density at radius 3 is 2.37 bits per heavy atom. The van der Waals surface area contributed by atoms with Crippen molar-refractivity contribution >= 4 is 17.6 Å². The summed E-state index contributed by atoms with van der Waals surface area (Å²) in [5, 5.41) is 9.34. The normalized spacial score (nSPS) is 18.1. The van der Waals surface area contributed by atoms with Gasteiger partial charge in [0.25, 0.3) is 5.91 Å². The number of rotatable bonds is 7. The highest BCUT2D eigenvalue weighted by molar-refractivity contribution is 5.97. The van der Waals surface area contributed by atoms with Gasteiger partial charge in [0.15, 0.2) is 0 Å². The fraction of sp³-hybridized carbons (Fsp3) is 0.667. The summed E-state index contributed by atoms with van der Waals surface area (Å²) in [4.78, 5) is 27.7. The maximum Gasteiger partial charge on any atom is 0.319 e. The fourth-order valence-corrected chi connectivity index (χ4v) is 4.59. The van der Waals surface area contributed by atoms with Crippen LogP contribution in [0.3, 0.4) is 0 Å². The molecule has 30 heavy (non-hydrogen) atoms. The van der Waals surface area contributed by atoms with E-state index in [9.17, 15) is 9.59 Å². The Kier molecular flexibility index (Phi) is 7.92. The third kappa shape index (κ3) is 7.01. The first kappa shape index (κ1) is 24.2. The van der Waals surface area contributed by atoms with Gasteiger partial charge in [0, 0.05) is 41.0 Å². The molecule has 0 aliphatic carbocycles. The van der Waals surface area contributed by atoms with Crippen molar-refractivity contribution in [3.63, 3.8) is 0 Å². The van der Waals surface area contributed by atoms with E-state index in [-0.39, 0.29) is 35.1 Å². The minimum Gasteiger partial charge on any atom is -0.336 e. The zero-order chi connectivity index (χ0) is 22.5. The minimum atomic E-state index is -0.265. The molecule has 0 unspecified atom stereocenters. The molecule has 1 fully saturated rings.